The van der Waals surface area contributed by atoms with Crippen molar-refractivity contribution in [2.75, 3.05) is 26.8 Å². The van der Waals surface area contributed by atoms with Gasteiger partial charge in [0.2, 0.25) is 0 Å². The maximum atomic E-state index is 12.9. The minimum atomic E-state index is -1.37. The summed E-state index contributed by atoms with van der Waals surface area (Å²) in [5.74, 6) is -1.81. The van der Waals surface area contributed by atoms with E-state index in [1.807, 2.05) is 24.3 Å². The number of likely N-dealkylation sites (N-methyl/N-ethyl adjacent to an activating group) is 1. The summed E-state index contributed by atoms with van der Waals surface area (Å²) in [4.78, 5) is 38.1. The SMILES string of the molecule is CN(C(=O)[C@H]1OCC[C@H]1CNC(=O)OCC1c2ccccc2-c2ccccc21)C(C)(C)C(=O)O. The van der Waals surface area contributed by atoms with Gasteiger partial charge in [0, 0.05) is 32.0 Å². The molecule has 8 heteroatoms. The van der Waals surface area contributed by atoms with Crippen molar-refractivity contribution < 1.29 is 29.0 Å². The van der Waals surface area contributed by atoms with Crippen molar-refractivity contribution in [3.05, 3.63) is 59.7 Å². The molecule has 0 saturated carbocycles. The molecular formula is C26H30N2O6. The van der Waals surface area contributed by atoms with E-state index in [4.69, 9.17) is 9.47 Å². The van der Waals surface area contributed by atoms with Crippen molar-refractivity contribution in [2.45, 2.75) is 37.8 Å². The van der Waals surface area contributed by atoms with Gasteiger partial charge in [0.25, 0.3) is 5.91 Å². The number of amides is 2. The Kier molecular flexibility index (Phi) is 6.61. The summed E-state index contributed by atoms with van der Waals surface area (Å²) in [6.07, 6.45) is -0.779. The maximum absolute atomic E-state index is 12.9. The van der Waals surface area contributed by atoms with E-state index >= 15 is 0 Å². The summed E-state index contributed by atoms with van der Waals surface area (Å²) in [5.41, 5.74) is 3.22. The Balaban J connectivity index is 1.34. The molecule has 2 aliphatic rings. The summed E-state index contributed by atoms with van der Waals surface area (Å²) in [6.45, 7) is 3.71. The smallest absolute Gasteiger partial charge is 0.407 e. The molecule has 0 unspecified atom stereocenters. The van der Waals surface area contributed by atoms with Crippen molar-refractivity contribution in [1.82, 2.24) is 10.2 Å². The van der Waals surface area contributed by atoms with Gasteiger partial charge in [-0.05, 0) is 42.5 Å². The van der Waals surface area contributed by atoms with Crippen molar-refractivity contribution in [1.29, 1.82) is 0 Å². The minimum absolute atomic E-state index is 0.0332. The van der Waals surface area contributed by atoms with Gasteiger partial charge in [-0.3, -0.25) is 4.79 Å². The average Bonchev–Trinajstić information content (AvgIpc) is 3.43. The zero-order valence-corrected chi connectivity index (χ0v) is 19.6. The lowest BCUT2D eigenvalue weighted by Crippen LogP contribution is -2.55. The lowest BCUT2D eigenvalue weighted by atomic mass is 9.97. The van der Waals surface area contributed by atoms with Crippen LogP contribution < -0.4 is 5.32 Å². The average molecular weight is 467 g/mol. The molecule has 1 aliphatic heterocycles. The number of carboxylic acids is 1. The van der Waals surface area contributed by atoms with Gasteiger partial charge in [-0.1, -0.05) is 48.5 Å². The molecule has 1 fully saturated rings. The third-order valence-corrected chi connectivity index (χ3v) is 7.00. The lowest BCUT2D eigenvalue weighted by molar-refractivity contribution is -0.160. The first-order chi connectivity index (χ1) is 16.2. The zero-order valence-electron chi connectivity index (χ0n) is 19.6. The Morgan fingerprint density at radius 2 is 1.68 bits per heavy atom. The number of carboxylic acid groups (broad SMARTS) is 1. The van der Waals surface area contributed by atoms with E-state index < -0.39 is 29.6 Å². The molecule has 0 spiro atoms. The second-order valence-corrected chi connectivity index (χ2v) is 9.31. The highest BCUT2D eigenvalue weighted by Crippen LogP contribution is 2.44. The summed E-state index contributed by atoms with van der Waals surface area (Å²) in [7, 11) is 1.45. The van der Waals surface area contributed by atoms with Gasteiger partial charge in [-0.2, -0.15) is 0 Å². The number of hydrogen-bond donors (Lipinski definition) is 2. The number of aliphatic carboxylic acids is 1. The van der Waals surface area contributed by atoms with Crippen LogP contribution in [0.3, 0.4) is 0 Å². The number of carbonyl (C=O) groups excluding carboxylic acids is 2. The second-order valence-electron chi connectivity index (χ2n) is 9.31. The molecule has 2 N–H and O–H groups in total. The highest BCUT2D eigenvalue weighted by atomic mass is 16.5. The van der Waals surface area contributed by atoms with Crippen molar-refractivity contribution in [2.24, 2.45) is 5.92 Å². The van der Waals surface area contributed by atoms with Gasteiger partial charge in [0.15, 0.2) is 0 Å². The number of nitrogens with one attached hydrogen (secondary N) is 1. The molecule has 2 amide bonds. The molecular weight excluding hydrogens is 436 g/mol. The van der Waals surface area contributed by atoms with Crippen molar-refractivity contribution in [3.63, 3.8) is 0 Å². The fourth-order valence-electron chi connectivity index (χ4n) is 4.59. The number of nitrogens with zero attached hydrogens (tertiary/aromatic N) is 1. The number of hydrogen-bond acceptors (Lipinski definition) is 5. The molecule has 34 heavy (non-hydrogen) atoms. The first-order valence-electron chi connectivity index (χ1n) is 11.4. The summed E-state index contributed by atoms with van der Waals surface area (Å²) >= 11 is 0. The fourth-order valence-corrected chi connectivity index (χ4v) is 4.59. The van der Waals surface area contributed by atoms with E-state index in [1.54, 1.807) is 0 Å². The fraction of sp³-hybridized carbons (Fsp3) is 0.423. The van der Waals surface area contributed by atoms with Crippen LogP contribution in [-0.2, 0) is 19.1 Å². The van der Waals surface area contributed by atoms with E-state index in [2.05, 4.69) is 29.6 Å². The van der Waals surface area contributed by atoms with Crippen LogP contribution >= 0.6 is 0 Å². The van der Waals surface area contributed by atoms with Crippen LogP contribution in [0.4, 0.5) is 4.79 Å². The molecule has 8 nitrogen and oxygen atoms in total. The predicted octanol–water partition coefficient (Wildman–Crippen LogP) is 3.25. The van der Waals surface area contributed by atoms with E-state index in [0.29, 0.717) is 13.0 Å². The maximum Gasteiger partial charge on any atom is 0.407 e. The molecule has 2 aromatic carbocycles. The number of benzene rings is 2. The van der Waals surface area contributed by atoms with Gasteiger partial charge < -0.3 is 24.8 Å². The molecule has 2 atom stereocenters. The highest BCUT2D eigenvalue weighted by Gasteiger charge is 2.42. The first kappa shape index (κ1) is 23.8. The molecule has 0 bridgehead atoms. The Hall–Kier alpha value is -3.39. The number of fused-ring (bicyclic) bond motifs is 3. The summed E-state index contributed by atoms with van der Waals surface area (Å²) in [6, 6.07) is 16.2. The normalized spacial score (nSPS) is 19.3. The second kappa shape index (κ2) is 9.46. The minimum Gasteiger partial charge on any atom is -0.480 e. The standard InChI is InChI=1S/C26H30N2O6/c1-26(2,24(30)31)28(3)23(29)22-16(12-13-33-22)14-27-25(32)34-15-21-19-10-6-4-8-17(19)18-9-5-7-11-20(18)21/h4-11,16,21-22H,12-15H2,1-3H3,(H,27,32)(H,30,31)/t16-,22-/m0/s1. The molecule has 2 aromatic rings. The molecule has 1 heterocycles. The highest BCUT2D eigenvalue weighted by molar-refractivity contribution is 5.88. The van der Waals surface area contributed by atoms with Gasteiger partial charge in [-0.15, -0.1) is 0 Å². The van der Waals surface area contributed by atoms with Crippen LogP contribution in [0.2, 0.25) is 0 Å². The molecule has 4 rings (SSSR count). The van der Waals surface area contributed by atoms with E-state index in [1.165, 1.54) is 25.8 Å². The molecule has 0 radical (unpaired) electrons. The van der Waals surface area contributed by atoms with Crippen LogP contribution in [0, 0.1) is 5.92 Å². The topological polar surface area (TPSA) is 105 Å². The largest absolute Gasteiger partial charge is 0.480 e. The predicted molar refractivity (Wildman–Crippen MR) is 125 cm³/mol. The number of rotatable bonds is 7. The Labute approximate surface area is 198 Å². The van der Waals surface area contributed by atoms with Crippen molar-refractivity contribution in [3.8, 4) is 11.1 Å². The third-order valence-electron chi connectivity index (χ3n) is 7.00. The van der Waals surface area contributed by atoms with E-state index in [0.717, 1.165) is 22.3 Å². The Bertz CT molecular complexity index is 1050. The van der Waals surface area contributed by atoms with Gasteiger partial charge in [0.05, 0.1) is 0 Å². The van der Waals surface area contributed by atoms with Crippen molar-refractivity contribution >= 4 is 18.0 Å². The zero-order chi connectivity index (χ0) is 24.5. The van der Waals surface area contributed by atoms with Crippen LogP contribution in [0.15, 0.2) is 48.5 Å². The molecule has 0 aromatic heterocycles. The van der Waals surface area contributed by atoms with Crippen LogP contribution in [-0.4, -0.2) is 66.4 Å². The molecule has 180 valence electrons. The third kappa shape index (κ3) is 4.37. The Morgan fingerprint density at radius 1 is 1.09 bits per heavy atom. The lowest BCUT2D eigenvalue weighted by Gasteiger charge is -2.34. The summed E-state index contributed by atoms with van der Waals surface area (Å²) < 4.78 is 11.2. The number of alkyl carbamates (subject to hydrolysis) is 1. The van der Waals surface area contributed by atoms with Gasteiger partial charge >= 0.3 is 12.1 Å². The Morgan fingerprint density at radius 3 is 2.26 bits per heavy atom. The quantitative estimate of drug-likeness (QED) is 0.649. The van der Waals surface area contributed by atoms with E-state index in [-0.39, 0.29) is 25.0 Å². The monoisotopic (exact) mass is 466 g/mol. The number of ether oxygens (including phenoxy) is 2. The van der Waals surface area contributed by atoms with E-state index in [9.17, 15) is 19.5 Å². The van der Waals surface area contributed by atoms with Gasteiger partial charge in [0.1, 0.15) is 18.2 Å². The van der Waals surface area contributed by atoms with Crippen LogP contribution in [0.1, 0.15) is 37.3 Å². The van der Waals surface area contributed by atoms with Gasteiger partial charge in [-0.25, -0.2) is 9.59 Å². The number of carbonyl (C=O) groups is 3. The molecule has 1 aliphatic carbocycles. The molecule has 1 saturated heterocycles. The first-order valence-corrected chi connectivity index (χ1v) is 11.4. The van der Waals surface area contributed by atoms with Crippen LogP contribution in [0.5, 0.6) is 0 Å². The summed E-state index contributed by atoms with van der Waals surface area (Å²) in [5, 5.41) is 12.2. The van der Waals surface area contributed by atoms with Crippen LogP contribution in [0.25, 0.3) is 11.1 Å².